The SMILES string of the molecule is CC(CC1CCC1)N[C@@H](C)c1ccco1. The van der Waals surface area contributed by atoms with Gasteiger partial charge in [0.25, 0.3) is 0 Å². The number of hydrogen-bond donors (Lipinski definition) is 1. The molecule has 0 aliphatic heterocycles. The van der Waals surface area contributed by atoms with Crippen molar-refractivity contribution < 1.29 is 4.42 Å². The molecule has 84 valence electrons. The minimum absolute atomic E-state index is 0.329. The Morgan fingerprint density at radius 3 is 2.80 bits per heavy atom. The number of rotatable bonds is 5. The summed E-state index contributed by atoms with van der Waals surface area (Å²) in [5.74, 6) is 2.01. The molecule has 0 spiro atoms. The van der Waals surface area contributed by atoms with Gasteiger partial charge in [0.15, 0.2) is 0 Å². The van der Waals surface area contributed by atoms with Crippen LogP contribution >= 0.6 is 0 Å². The summed E-state index contributed by atoms with van der Waals surface area (Å²) in [5, 5.41) is 3.59. The van der Waals surface area contributed by atoms with Crippen LogP contribution in [0, 0.1) is 5.92 Å². The van der Waals surface area contributed by atoms with Crippen LogP contribution in [0.2, 0.25) is 0 Å². The van der Waals surface area contributed by atoms with Gasteiger partial charge in [-0.1, -0.05) is 19.3 Å². The molecule has 1 saturated carbocycles. The van der Waals surface area contributed by atoms with Gasteiger partial charge >= 0.3 is 0 Å². The lowest BCUT2D eigenvalue weighted by Gasteiger charge is -2.29. The Morgan fingerprint density at radius 1 is 1.47 bits per heavy atom. The minimum Gasteiger partial charge on any atom is -0.468 e. The maximum absolute atomic E-state index is 5.38. The Kier molecular flexibility index (Phi) is 3.47. The number of hydrogen-bond acceptors (Lipinski definition) is 2. The predicted octanol–water partition coefficient (Wildman–Crippen LogP) is 3.51. The van der Waals surface area contributed by atoms with Crippen molar-refractivity contribution in [3.05, 3.63) is 24.2 Å². The Labute approximate surface area is 92.1 Å². The molecule has 2 heteroatoms. The molecule has 1 heterocycles. The smallest absolute Gasteiger partial charge is 0.120 e. The molecule has 0 bridgehead atoms. The van der Waals surface area contributed by atoms with Gasteiger partial charge in [-0.05, 0) is 38.3 Å². The molecule has 15 heavy (non-hydrogen) atoms. The highest BCUT2D eigenvalue weighted by Crippen LogP contribution is 2.30. The fourth-order valence-electron chi connectivity index (χ4n) is 2.34. The van der Waals surface area contributed by atoms with Crippen LogP contribution in [0.4, 0.5) is 0 Å². The van der Waals surface area contributed by atoms with Crippen LogP contribution in [-0.2, 0) is 0 Å². The van der Waals surface area contributed by atoms with Crippen molar-refractivity contribution in [3.63, 3.8) is 0 Å². The van der Waals surface area contributed by atoms with E-state index in [1.807, 2.05) is 12.1 Å². The third kappa shape index (κ3) is 2.85. The van der Waals surface area contributed by atoms with Gasteiger partial charge in [-0.25, -0.2) is 0 Å². The summed E-state index contributed by atoms with van der Waals surface area (Å²) in [6.45, 7) is 4.44. The van der Waals surface area contributed by atoms with E-state index in [1.54, 1.807) is 6.26 Å². The first kappa shape index (κ1) is 10.7. The lowest BCUT2D eigenvalue weighted by Crippen LogP contribution is -2.32. The van der Waals surface area contributed by atoms with E-state index in [1.165, 1.54) is 25.7 Å². The maximum Gasteiger partial charge on any atom is 0.120 e. The normalized spacial score (nSPS) is 20.9. The average Bonchev–Trinajstić information content (AvgIpc) is 2.64. The highest BCUT2D eigenvalue weighted by atomic mass is 16.3. The first-order chi connectivity index (χ1) is 7.25. The van der Waals surface area contributed by atoms with E-state index in [0.29, 0.717) is 12.1 Å². The molecule has 1 aliphatic carbocycles. The monoisotopic (exact) mass is 207 g/mol. The predicted molar refractivity (Wildman–Crippen MR) is 61.7 cm³/mol. The van der Waals surface area contributed by atoms with E-state index in [2.05, 4.69) is 19.2 Å². The second kappa shape index (κ2) is 4.84. The summed E-state index contributed by atoms with van der Waals surface area (Å²) in [4.78, 5) is 0. The number of furan rings is 1. The second-order valence-electron chi connectivity index (χ2n) is 4.84. The highest BCUT2D eigenvalue weighted by Gasteiger charge is 2.21. The molecule has 2 rings (SSSR count). The van der Waals surface area contributed by atoms with Gasteiger partial charge < -0.3 is 9.73 Å². The zero-order valence-corrected chi connectivity index (χ0v) is 9.70. The molecule has 0 radical (unpaired) electrons. The van der Waals surface area contributed by atoms with Crippen molar-refractivity contribution in [2.24, 2.45) is 5.92 Å². The Morgan fingerprint density at radius 2 is 2.27 bits per heavy atom. The van der Waals surface area contributed by atoms with E-state index in [4.69, 9.17) is 4.42 Å². The van der Waals surface area contributed by atoms with Crippen LogP contribution in [-0.4, -0.2) is 6.04 Å². The van der Waals surface area contributed by atoms with Crippen molar-refractivity contribution in [1.82, 2.24) is 5.32 Å². The summed E-state index contributed by atoms with van der Waals surface area (Å²) < 4.78 is 5.38. The van der Waals surface area contributed by atoms with Crippen LogP contribution in [0.15, 0.2) is 22.8 Å². The van der Waals surface area contributed by atoms with Gasteiger partial charge in [-0.15, -0.1) is 0 Å². The van der Waals surface area contributed by atoms with Crippen molar-refractivity contribution in [2.75, 3.05) is 0 Å². The Hall–Kier alpha value is -0.760. The molecule has 1 aliphatic rings. The van der Waals surface area contributed by atoms with Gasteiger partial charge in [0.1, 0.15) is 5.76 Å². The van der Waals surface area contributed by atoms with Gasteiger partial charge in [0.2, 0.25) is 0 Å². The standard InChI is InChI=1S/C13H21NO/c1-10(9-12-5-3-6-12)14-11(2)13-7-4-8-15-13/h4,7-8,10-12,14H,3,5-6,9H2,1-2H3/t10?,11-/m0/s1. The summed E-state index contributed by atoms with van der Waals surface area (Å²) in [6, 6.07) is 4.91. The summed E-state index contributed by atoms with van der Waals surface area (Å²) in [6.07, 6.45) is 7.35. The summed E-state index contributed by atoms with van der Waals surface area (Å²) in [5.41, 5.74) is 0. The van der Waals surface area contributed by atoms with Gasteiger partial charge in [-0.3, -0.25) is 0 Å². The fourth-order valence-corrected chi connectivity index (χ4v) is 2.34. The topological polar surface area (TPSA) is 25.2 Å². The van der Waals surface area contributed by atoms with Crippen LogP contribution in [0.3, 0.4) is 0 Å². The summed E-state index contributed by atoms with van der Waals surface area (Å²) >= 11 is 0. The molecule has 1 aromatic rings. The molecule has 1 fully saturated rings. The van der Waals surface area contributed by atoms with Crippen LogP contribution < -0.4 is 5.32 Å². The molecule has 0 amide bonds. The minimum atomic E-state index is 0.329. The molecular weight excluding hydrogens is 186 g/mol. The molecule has 0 saturated heterocycles. The van der Waals surface area contributed by atoms with Crippen molar-refractivity contribution in [1.29, 1.82) is 0 Å². The quantitative estimate of drug-likeness (QED) is 0.799. The van der Waals surface area contributed by atoms with E-state index in [-0.39, 0.29) is 0 Å². The van der Waals surface area contributed by atoms with Gasteiger partial charge in [0, 0.05) is 6.04 Å². The molecular formula is C13H21NO. The van der Waals surface area contributed by atoms with Crippen LogP contribution in [0.1, 0.15) is 51.3 Å². The first-order valence-electron chi connectivity index (χ1n) is 6.05. The second-order valence-corrected chi connectivity index (χ2v) is 4.84. The molecule has 1 unspecified atom stereocenters. The first-order valence-corrected chi connectivity index (χ1v) is 6.05. The van der Waals surface area contributed by atoms with E-state index in [9.17, 15) is 0 Å². The lowest BCUT2D eigenvalue weighted by atomic mass is 9.81. The van der Waals surface area contributed by atoms with Crippen LogP contribution in [0.25, 0.3) is 0 Å². The van der Waals surface area contributed by atoms with Gasteiger partial charge in [0.05, 0.1) is 12.3 Å². The van der Waals surface area contributed by atoms with E-state index in [0.717, 1.165) is 11.7 Å². The molecule has 0 aromatic carbocycles. The average molecular weight is 207 g/mol. The highest BCUT2D eigenvalue weighted by molar-refractivity contribution is 5.03. The van der Waals surface area contributed by atoms with E-state index < -0.39 is 0 Å². The van der Waals surface area contributed by atoms with E-state index >= 15 is 0 Å². The van der Waals surface area contributed by atoms with Crippen molar-refractivity contribution >= 4 is 0 Å². The Bertz CT molecular complexity index is 277. The molecule has 2 nitrogen and oxygen atoms in total. The lowest BCUT2D eigenvalue weighted by molar-refractivity contribution is 0.255. The van der Waals surface area contributed by atoms with Crippen LogP contribution in [0.5, 0.6) is 0 Å². The maximum atomic E-state index is 5.38. The zero-order chi connectivity index (χ0) is 10.7. The van der Waals surface area contributed by atoms with Crippen molar-refractivity contribution in [3.8, 4) is 0 Å². The fraction of sp³-hybridized carbons (Fsp3) is 0.692. The largest absolute Gasteiger partial charge is 0.468 e. The third-order valence-electron chi connectivity index (χ3n) is 3.42. The van der Waals surface area contributed by atoms with Crippen molar-refractivity contribution in [2.45, 2.75) is 51.6 Å². The third-order valence-corrected chi connectivity index (χ3v) is 3.42. The summed E-state index contributed by atoms with van der Waals surface area (Å²) in [7, 11) is 0. The molecule has 2 atom stereocenters. The molecule has 1 aromatic heterocycles. The number of nitrogens with one attached hydrogen (secondary N) is 1. The van der Waals surface area contributed by atoms with Gasteiger partial charge in [-0.2, -0.15) is 0 Å². The Balaban J connectivity index is 1.75. The zero-order valence-electron chi connectivity index (χ0n) is 9.70. The molecule has 1 N–H and O–H groups in total.